The first-order valence-electron chi connectivity index (χ1n) is 16.0. The molecule has 0 saturated carbocycles. The molecule has 0 aromatic heterocycles. The third-order valence-electron chi connectivity index (χ3n) is 7.99. The molecule has 2 aromatic rings. The largest absolute Gasteiger partial charge is 0.294 e. The van der Waals surface area contributed by atoms with Crippen LogP contribution in [0.15, 0.2) is 35.2 Å². The molecule has 0 aliphatic carbocycles. The first-order chi connectivity index (χ1) is 18.5. The Labute approximate surface area is 235 Å². The molecule has 0 aliphatic rings. The number of benzene rings is 2. The molecule has 0 amide bonds. The van der Waals surface area contributed by atoms with E-state index in [2.05, 4.69) is 26.0 Å². The molecule has 0 radical (unpaired) electrons. The molecule has 2 rings (SSSR count). The van der Waals surface area contributed by atoms with E-state index in [1.54, 1.807) is 12.1 Å². The van der Waals surface area contributed by atoms with Crippen LogP contribution in [0, 0.1) is 0 Å². The molecule has 1 N–H and O–H groups in total. The van der Waals surface area contributed by atoms with Crippen molar-refractivity contribution < 1.29 is 13.0 Å². The Morgan fingerprint density at radius 1 is 0.553 bits per heavy atom. The zero-order chi connectivity index (χ0) is 27.5. The van der Waals surface area contributed by atoms with Gasteiger partial charge in [0.05, 0.1) is 4.90 Å². The second-order valence-electron chi connectivity index (χ2n) is 11.5. The normalized spacial score (nSPS) is 12.0. The lowest BCUT2D eigenvalue weighted by Crippen LogP contribution is -2.01. The predicted octanol–water partition coefficient (Wildman–Crippen LogP) is 11.0. The molecule has 3 nitrogen and oxygen atoms in total. The van der Waals surface area contributed by atoms with E-state index in [-0.39, 0.29) is 4.90 Å². The van der Waals surface area contributed by atoms with Crippen LogP contribution in [0.5, 0.6) is 0 Å². The molecular weight excluding hydrogens is 488 g/mol. The summed E-state index contributed by atoms with van der Waals surface area (Å²) in [6.07, 6.45) is 28.2. The maximum Gasteiger partial charge on any atom is 0.294 e. The molecule has 38 heavy (non-hydrogen) atoms. The van der Waals surface area contributed by atoms with E-state index in [0.29, 0.717) is 0 Å². The summed E-state index contributed by atoms with van der Waals surface area (Å²) in [6.45, 7) is 4.53. The van der Waals surface area contributed by atoms with Crippen molar-refractivity contribution in [1.29, 1.82) is 0 Å². The lowest BCUT2D eigenvalue weighted by molar-refractivity contribution is 0.483. The summed E-state index contributed by atoms with van der Waals surface area (Å²) < 4.78 is 33.5. The van der Waals surface area contributed by atoms with E-state index < -0.39 is 10.1 Å². The zero-order valence-corrected chi connectivity index (χ0v) is 25.4. The number of fused-ring (bicyclic) bond motifs is 1. The molecular formula is C34H56O3S. The summed E-state index contributed by atoms with van der Waals surface area (Å²) in [6, 6.07) is 9.76. The topological polar surface area (TPSA) is 54.4 Å². The van der Waals surface area contributed by atoms with Crippen molar-refractivity contribution in [2.75, 3.05) is 0 Å². The highest BCUT2D eigenvalue weighted by Gasteiger charge is 2.14. The van der Waals surface area contributed by atoms with Gasteiger partial charge in [-0.05, 0) is 59.7 Å². The van der Waals surface area contributed by atoms with Gasteiger partial charge in [0.15, 0.2) is 0 Å². The summed E-state index contributed by atoms with van der Waals surface area (Å²) in [4.78, 5) is 0.0227. The summed E-state index contributed by atoms with van der Waals surface area (Å²) in [5.41, 5.74) is 2.39. The monoisotopic (exact) mass is 544 g/mol. The predicted molar refractivity (Wildman–Crippen MR) is 165 cm³/mol. The number of hydrogen-bond donors (Lipinski definition) is 1. The van der Waals surface area contributed by atoms with Crippen LogP contribution in [0.25, 0.3) is 10.8 Å². The summed E-state index contributed by atoms with van der Waals surface area (Å²) >= 11 is 0. The van der Waals surface area contributed by atoms with E-state index in [1.807, 2.05) is 6.07 Å². The van der Waals surface area contributed by atoms with Crippen molar-refractivity contribution in [3.63, 3.8) is 0 Å². The Kier molecular flexibility index (Phi) is 17.0. The molecule has 0 bridgehead atoms. The van der Waals surface area contributed by atoms with Crippen molar-refractivity contribution in [2.45, 2.75) is 160 Å². The average Bonchev–Trinajstić information content (AvgIpc) is 2.90. The molecule has 0 atom stereocenters. The van der Waals surface area contributed by atoms with Crippen LogP contribution in [0.4, 0.5) is 0 Å². The highest BCUT2D eigenvalue weighted by molar-refractivity contribution is 7.85. The van der Waals surface area contributed by atoms with Gasteiger partial charge in [0.2, 0.25) is 0 Å². The van der Waals surface area contributed by atoms with E-state index in [1.165, 1.54) is 128 Å². The highest BCUT2D eigenvalue weighted by Crippen LogP contribution is 2.27. The summed E-state index contributed by atoms with van der Waals surface area (Å²) in [5, 5.41) is 2.06. The van der Waals surface area contributed by atoms with Crippen LogP contribution >= 0.6 is 0 Å². The van der Waals surface area contributed by atoms with E-state index >= 15 is 0 Å². The van der Waals surface area contributed by atoms with Crippen LogP contribution in [0.2, 0.25) is 0 Å². The molecule has 0 saturated heterocycles. The molecule has 4 heteroatoms. The Morgan fingerprint density at radius 2 is 1.00 bits per heavy atom. The van der Waals surface area contributed by atoms with Gasteiger partial charge in [-0.1, -0.05) is 148 Å². The van der Waals surface area contributed by atoms with Gasteiger partial charge in [0.25, 0.3) is 10.1 Å². The average molecular weight is 545 g/mol. The lowest BCUT2D eigenvalue weighted by atomic mass is 9.95. The number of unbranched alkanes of at least 4 members (excludes halogenated alkanes) is 18. The minimum Gasteiger partial charge on any atom is -0.282 e. The van der Waals surface area contributed by atoms with E-state index in [0.717, 1.165) is 35.6 Å². The third-order valence-corrected chi connectivity index (χ3v) is 8.83. The van der Waals surface area contributed by atoms with Crippen LogP contribution < -0.4 is 0 Å². The smallest absolute Gasteiger partial charge is 0.282 e. The number of aryl methyl sites for hydroxylation is 2. The fourth-order valence-electron chi connectivity index (χ4n) is 5.58. The zero-order valence-electron chi connectivity index (χ0n) is 24.6. The molecule has 0 fully saturated rings. The van der Waals surface area contributed by atoms with Gasteiger partial charge < -0.3 is 0 Å². The number of rotatable bonds is 23. The molecule has 0 aliphatic heterocycles. The van der Waals surface area contributed by atoms with Crippen LogP contribution in [0.3, 0.4) is 0 Å². The van der Waals surface area contributed by atoms with Crippen LogP contribution in [-0.4, -0.2) is 13.0 Å². The lowest BCUT2D eigenvalue weighted by Gasteiger charge is -2.12. The summed E-state index contributed by atoms with van der Waals surface area (Å²) in [7, 11) is -4.21. The van der Waals surface area contributed by atoms with Crippen molar-refractivity contribution in [3.8, 4) is 0 Å². The minimum absolute atomic E-state index is 0.0227. The molecule has 0 heterocycles. The first kappa shape index (κ1) is 32.8. The molecule has 0 spiro atoms. The van der Waals surface area contributed by atoms with Crippen molar-refractivity contribution in [1.82, 2.24) is 0 Å². The fraction of sp³-hybridized carbons (Fsp3) is 0.706. The van der Waals surface area contributed by atoms with Gasteiger partial charge >= 0.3 is 0 Å². The van der Waals surface area contributed by atoms with E-state index in [9.17, 15) is 13.0 Å². The van der Waals surface area contributed by atoms with Gasteiger partial charge in [-0.3, -0.25) is 4.55 Å². The second-order valence-corrected chi connectivity index (χ2v) is 12.9. The van der Waals surface area contributed by atoms with Crippen molar-refractivity contribution in [3.05, 3.63) is 41.5 Å². The van der Waals surface area contributed by atoms with Crippen LogP contribution in [0.1, 0.15) is 153 Å². The van der Waals surface area contributed by atoms with Gasteiger partial charge in [-0.2, -0.15) is 8.42 Å². The second kappa shape index (κ2) is 19.6. The maximum absolute atomic E-state index is 11.9. The Morgan fingerprint density at radius 3 is 1.47 bits per heavy atom. The standard InChI is InChI=1S/C34H56O3S/c1-3-5-7-9-11-13-15-17-19-21-23-30-25-26-32-29-33(38(35,36)37)28-31(34(32)27-30)24-22-20-18-16-14-12-10-8-6-4-2/h25-29H,3-24H2,1-2H3,(H,35,36,37). The SMILES string of the molecule is CCCCCCCCCCCCc1ccc2cc(S(=O)(=O)O)cc(CCCCCCCCCCCC)c2c1. The van der Waals surface area contributed by atoms with Crippen molar-refractivity contribution >= 4 is 20.9 Å². The first-order valence-corrected chi connectivity index (χ1v) is 17.4. The van der Waals surface area contributed by atoms with Gasteiger partial charge in [0, 0.05) is 0 Å². The van der Waals surface area contributed by atoms with Gasteiger partial charge in [0.1, 0.15) is 0 Å². The molecule has 0 unspecified atom stereocenters. The van der Waals surface area contributed by atoms with Gasteiger partial charge in [-0.15, -0.1) is 0 Å². The minimum atomic E-state index is -4.21. The molecule has 216 valence electrons. The Bertz CT molecular complexity index is 996. The summed E-state index contributed by atoms with van der Waals surface area (Å²) in [5.74, 6) is 0. The Hall–Kier alpha value is -1.39. The fourth-order valence-corrected chi connectivity index (χ4v) is 6.15. The Balaban J connectivity index is 1.84. The van der Waals surface area contributed by atoms with Crippen molar-refractivity contribution in [2.24, 2.45) is 0 Å². The van der Waals surface area contributed by atoms with E-state index in [4.69, 9.17) is 0 Å². The molecule has 2 aromatic carbocycles. The van der Waals surface area contributed by atoms with Gasteiger partial charge in [-0.25, -0.2) is 0 Å². The third kappa shape index (κ3) is 13.6. The maximum atomic E-state index is 11.9. The number of hydrogen-bond acceptors (Lipinski definition) is 2. The highest BCUT2D eigenvalue weighted by atomic mass is 32.2. The van der Waals surface area contributed by atoms with Crippen LogP contribution in [-0.2, 0) is 23.0 Å². The quantitative estimate of drug-likeness (QED) is 0.112.